The Bertz CT molecular complexity index is 2250. The largest absolute Gasteiger partial charge is 0.481 e. The van der Waals surface area contributed by atoms with Crippen LogP contribution in [0.2, 0.25) is 0 Å². The summed E-state index contributed by atoms with van der Waals surface area (Å²) in [6, 6.07) is -15.5. The number of halogens is 1. The number of aliphatic hydroxyl groups is 4. The number of carbonyl (C=O) groups excluding carboxylic acids is 11. The molecule has 1 aliphatic rings. The van der Waals surface area contributed by atoms with Crippen molar-refractivity contribution in [3.05, 3.63) is 11.8 Å². The van der Waals surface area contributed by atoms with Crippen LogP contribution in [0.15, 0.2) is 11.8 Å². The lowest BCUT2D eigenvalue weighted by atomic mass is 10.0. The summed E-state index contributed by atoms with van der Waals surface area (Å²) >= 11 is 5.94. The van der Waals surface area contributed by atoms with Crippen LogP contribution in [0, 0.1) is 0 Å². The van der Waals surface area contributed by atoms with E-state index in [2.05, 4.69) is 54.8 Å². The molecule has 1 aliphatic heterocycles. The zero-order valence-corrected chi connectivity index (χ0v) is 50.4. The van der Waals surface area contributed by atoms with Crippen LogP contribution in [-0.2, 0) is 62.3 Å². The van der Waals surface area contributed by atoms with E-state index in [4.69, 9.17) is 33.5 Å². The third kappa shape index (κ3) is 29.2. The van der Waals surface area contributed by atoms with E-state index in [0.29, 0.717) is 19.3 Å². The first kappa shape index (κ1) is 77.4. The van der Waals surface area contributed by atoms with E-state index in [1.807, 2.05) is 5.32 Å². The molecule has 490 valence electrons. The number of ether oxygens (including phenoxy) is 1. The molecule has 0 spiro atoms. The highest BCUT2D eigenvalue weighted by molar-refractivity contribution is 6.18. The fourth-order valence-corrected chi connectivity index (χ4v) is 8.77. The smallest absolute Gasteiger partial charge is 0.331 e. The normalized spacial score (nSPS) is 24.0. The lowest BCUT2D eigenvalue weighted by Gasteiger charge is -2.29. The molecule has 21 N–H and O–H groups in total. The minimum atomic E-state index is -2.48. The highest BCUT2D eigenvalue weighted by Gasteiger charge is 2.41. The van der Waals surface area contributed by atoms with Crippen molar-refractivity contribution in [2.24, 2.45) is 17.2 Å². The Balaban J connectivity index is 4.08. The minimum absolute atomic E-state index is 0.0467. The van der Waals surface area contributed by atoms with E-state index in [9.17, 15) is 83.1 Å². The predicted octanol–water partition coefficient (Wildman–Crippen LogP) is -4.72. The van der Waals surface area contributed by atoms with Crippen LogP contribution in [0.5, 0.6) is 0 Å². The van der Waals surface area contributed by atoms with Gasteiger partial charge in [-0.2, -0.15) is 0 Å². The van der Waals surface area contributed by atoms with Crippen molar-refractivity contribution >= 4 is 82.6 Å². The number of alkyl halides is 1. The molecule has 0 aromatic heterocycles. The molecule has 0 radical (unpaired) electrons. The Morgan fingerprint density at radius 1 is 0.628 bits per heavy atom. The number of nitrogens with two attached hydrogens (primary N) is 3. The van der Waals surface area contributed by atoms with Gasteiger partial charge in [0.25, 0.3) is 11.8 Å². The molecule has 0 aromatic carbocycles. The second kappa shape index (κ2) is 43.1. The van der Waals surface area contributed by atoms with Crippen molar-refractivity contribution in [1.82, 2.24) is 53.2 Å². The van der Waals surface area contributed by atoms with E-state index in [1.54, 1.807) is 6.92 Å². The maximum Gasteiger partial charge on any atom is 0.331 e. The van der Waals surface area contributed by atoms with Crippen molar-refractivity contribution in [2.45, 2.75) is 216 Å². The third-order valence-corrected chi connectivity index (χ3v) is 13.8. The highest BCUT2D eigenvalue weighted by Crippen LogP contribution is 2.14. The van der Waals surface area contributed by atoms with Gasteiger partial charge in [-0.05, 0) is 78.4 Å². The minimum Gasteiger partial charge on any atom is -0.481 e. The number of aliphatic carboxylic acids is 1. The molecule has 1 rings (SSSR count). The first-order chi connectivity index (χ1) is 40.8. The van der Waals surface area contributed by atoms with Crippen LogP contribution in [-0.4, -0.2) is 208 Å². The number of aliphatic hydroxyl groups excluding tert-OH is 4. The fourth-order valence-electron chi connectivity index (χ4n) is 8.59. The molecule has 86 heavy (non-hydrogen) atoms. The van der Waals surface area contributed by atoms with Gasteiger partial charge in [0.1, 0.15) is 54.6 Å². The summed E-state index contributed by atoms with van der Waals surface area (Å²) in [4.78, 5) is 165. The number of cyclic esters (lactones) is 1. The van der Waals surface area contributed by atoms with Crippen molar-refractivity contribution in [3.63, 3.8) is 0 Å². The van der Waals surface area contributed by atoms with Gasteiger partial charge in [-0.3, -0.25) is 52.7 Å². The molecular formula is C54H94ClN13O18. The molecule has 12 atom stereocenters. The van der Waals surface area contributed by atoms with Crippen LogP contribution in [0.25, 0.3) is 0 Å². The average molecular weight is 1250 g/mol. The average Bonchev–Trinajstić information content (AvgIpc) is 3.61. The van der Waals surface area contributed by atoms with E-state index in [-0.39, 0.29) is 51.9 Å². The molecule has 1 fully saturated rings. The molecule has 0 aliphatic carbocycles. The van der Waals surface area contributed by atoms with Gasteiger partial charge in [-0.15, -0.1) is 11.6 Å². The topological polar surface area (TPSA) is 514 Å². The Morgan fingerprint density at radius 2 is 1.15 bits per heavy atom. The summed E-state index contributed by atoms with van der Waals surface area (Å²) in [6.07, 6.45) is 0.634. The predicted molar refractivity (Wildman–Crippen MR) is 311 cm³/mol. The van der Waals surface area contributed by atoms with E-state index in [0.717, 1.165) is 64.4 Å². The van der Waals surface area contributed by atoms with Gasteiger partial charge in [0.2, 0.25) is 47.3 Å². The lowest BCUT2D eigenvalue weighted by molar-refractivity contribution is -0.154. The zero-order chi connectivity index (χ0) is 64.9. The van der Waals surface area contributed by atoms with Gasteiger partial charge in [0.05, 0.1) is 37.0 Å². The van der Waals surface area contributed by atoms with E-state index in [1.165, 1.54) is 6.92 Å². The van der Waals surface area contributed by atoms with Crippen molar-refractivity contribution in [2.75, 3.05) is 38.7 Å². The van der Waals surface area contributed by atoms with Gasteiger partial charge in [0.15, 0.2) is 12.1 Å². The molecule has 32 heteroatoms. The molecule has 0 bridgehead atoms. The van der Waals surface area contributed by atoms with Gasteiger partial charge in [-0.25, -0.2) is 4.79 Å². The number of hydrogen-bond acceptors (Lipinski definition) is 20. The molecule has 0 aromatic rings. The standard InChI is InChI=1S/C54H94ClN13O18/c1-5-8-9-10-11-12-13-14-15-18-31(70)26-39(72)60-37-29-86-54(85)42(38(71)28-55)67-52(83)43(44(75)53(84)59-25-6-2)68-45(76)32(7-3)61-51(82)41(30(4)69)66-48(79)35(21-24-58)63-46(77)33(19-16-17-22-56)62-49(80)36(27-40(73)74)65-47(78)34(20-23-57)64-50(37)81/h7,30-31,33-38,41-44,69-71,75H,5-6,8-29,56-58H2,1-4H3,(H,59,84)(H,60,72)(H,61,82)(H,62,80)(H,63,77)(H,64,81)(H,65,78)(H,66,79)(H,67,83)(H,68,76)(H,73,74)/b32-7-/t30-,31+,33-,34+,35-,36-,37-,38+,41-,42-,43-,44-/m0/s1. The molecule has 1 saturated heterocycles. The first-order valence-electron chi connectivity index (χ1n) is 29.3. The van der Waals surface area contributed by atoms with Crippen LogP contribution in [0.4, 0.5) is 0 Å². The number of nitrogens with one attached hydrogen (secondary N) is 10. The monoisotopic (exact) mass is 1250 g/mol. The number of amides is 10. The number of unbranched alkanes of at least 4 members (excludes halogenated alkanes) is 9. The first-order valence-corrected chi connectivity index (χ1v) is 29.8. The Morgan fingerprint density at radius 3 is 1.67 bits per heavy atom. The van der Waals surface area contributed by atoms with Crippen LogP contribution in [0.3, 0.4) is 0 Å². The van der Waals surface area contributed by atoms with Gasteiger partial charge in [-0.1, -0.05) is 77.7 Å². The summed E-state index contributed by atoms with van der Waals surface area (Å²) in [5.74, 6) is -16.4. The SMILES string of the molecule is C/C=C1\NC(=O)[C@H]([C@H](C)O)NC(=O)[C@H](CCN)NC(=O)[C@H](CCCCN)NC(=O)[C@H](CC(=O)O)NC(=O)[C@@H](CCN)NC(=O)[C@@H](NC(=O)C[C@H](O)CCCCCCCCCCC)COC(=O)[C@H]([C@H](O)CCl)NC(=O)[C@H]([C@H](O)C(=O)NCCC)NC1=O. The molecule has 10 amide bonds. The summed E-state index contributed by atoms with van der Waals surface area (Å²) in [7, 11) is 0. The van der Waals surface area contributed by atoms with Crippen LogP contribution < -0.4 is 70.4 Å². The summed E-state index contributed by atoms with van der Waals surface area (Å²) in [6.45, 7) is 4.38. The molecule has 31 nitrogen and oxygen atoms in total. The number of esters is 1. The molecule has 0 saturated carbocycles. The van der Waals surface area contributed by atoms with Crippen LogP contribution >= 0.6 is 11.6 Å². The van der Waals surface area contributed by atoms with E-state index >= 15 is 0 Å². The van der Waals surface area contributed by atoms with Gasteiger partial charge in [0, 0.05) is 6.54 Å². The summed E-state index contributed by atoms with van der Waals surface area (Å²) in [5, 5.41) is 76.3. The molecule has 0 unspecified atom stereocenters. The van der Waals surface area contributed by atoms with Crippen molar-refractivity contribution in [3.8, 4) is 0 Å². The Kier molecular flexibility index (Phi) is 38.8. The van der Waals surface area contributed by atoms with Crippen LogP contribution in [0.1, 0.15) is 143 Å². The maximum absolute atomic E-state index is 14.2. The quantitative estimate of drug-likeness (QED) is 0.0139. The number of carbonyl (C=O) groups is 12. The van der Waals surface area contributed by atoms with E-state index < -0.39 is 181 Å². The second-order valence-corrected chi connectivity index (χ2v) is 21.1. The van der Waals surface area contributed by atoms with Crippen molar-refractivity contribution < 1.29 is 87.8 Å². The summed E-state index contributed by atoms with van der Waals surface area (Å²) in [5.41, 5.74) is 16.6. The second-order valence-electron chi connectivity index (χ2n) is 20.8. The lowest BCUT2D eigenvalue weighted by Crippen LogP contribution is -2.63. The Labute approximate surface area is 505 Å². The maximum atomic E-state index is 14.2. The highest BCUT2D eigenvalue weighted by atomic mass is 35.5. The number of carboxylic acids is 1. The van der Waals surface area contributed by atoms with Gasteiger partial charge < -0.3 is 101 Å². The number of hydrogen-bond donors (Lipinski definition) is 18. The number of allylic oxidation sites excluding steroid dienone is 1. The Hall–Kier alpha value is -6.61. The third-order valence-electron chi connectivity index (χ3n) is 13.5. The molecular weight excluding hydrogens is 1150 g/mol. The molecule has 1 heterocycles. The number of carboxylic acid groups (broad SMARTS) is 1. The summed E-state index contributed by atoms with van der Waals surface area (Å²) < 4.78 is 5.36. The number of rotatable bonds is 30. The zero-order valence-electron chi connectivity index (χ0n) is 49.6. The van der Waals surface area contributed by atoms with Crippen molar-refractivity contribution in [1.29, 1.82) is 0 Å². The van der Waals surface area contributed by atoms with Gasteiger partial charge >= 0.3 is 11.9 Å². The fraction of sp³-hybridized carbons (Fsp3) is 0.741.